The maximum Gasteiger partial charge on any atom is 0.0991 e. The first-order valence-electron chi connectivity index (χ1n) is 3.95. The molecule has 0 aliphatic rings. The predicted octanol–water partition coefficient (Wildman–Crippen LogP) is 1.58. The third kappa shape index (κ3) is 2.04. The fourth-order valence-corrected chi connectivity index (χ4v) is 1.14. The Morgan fingerprint density at radius 2 is 1.93 bits per heavy atom. The highest BCUT2D eigenvalue weighted by Crippen LogP contribution is 2.11. The predicted molar refractivity (Wildman–Crippen MR) is 58.6 cm³/mol. The third-order valence-corrected chi connectivity index (χ3v) is 1.84. The average Bonchev–Trinajstić information content (AvgIpc) is 2.71. The van der Waals surface area contributed by atoms with Crippen LogP contribution >= 0.6 is 12.4 Å². The standard InChI is InChI=1S/C9H10N4.ClH/c10-12-8-1-3-9(4-2-8)13-6-5-11-7-13;/h1-7,12H,10H2;1H. The fourth-order valence-electron chi connectivity index (χ4n) is 1.14. The van der Waals surface area contributed by atoms with Crippen molar-refractivity contribution in [1.29, 1.82) is 0 Å². The molecule has 0 unspecified atom stereocenters. The van der Waals surface area contributed by atoms with Gasteiger partial charge in [-0.3, -0.25) is 5.84 Å². The zero-order valence-electron chi connectivity index (χ0n) is 7.42. The Balaban J connectivity index is 0.000000980. The van der Waals surface area contributed by atoms with Crippen molar-refractivity contribution in [2.24, 2.45) is 5.84 Å². The van der Waals surface area contributed by atoms with E-state index in [4.69, 9.17) is 5.84 Å². The van der Waals surface area contributed by atoms with Crippen LogP contribution in [0.25, 0.3) is 5.69 Å². The van der Waals surface area contributed by atoms with Crippen LogP contribution in [-0.2, 0) is 0 Å². The van der Waals surface area contributed by atoms with E-state index in [1.54, 1.807) is 12.5 Å². The van der Waals surface area contributed by atoms with Gasteiger partial charge in [-0.15, -0.1) is 12.4 Å². The molecule has 2 rings (SSSR count). The molecule has 3 N–H and O–H groups in total. The molecule has 0 fully saturated rings. The van der Waals surface area contributed by atoms with E-state index in [1.165, 1.54) is 0 Å². The number of imidazole rings is 1. The summed E-state index contributed by atoms with van der Waals surface area (Å²) in [7, 11) is 0. The van der Waals surface area contributed by atoms with Gasteiger partial charge in [0.25, 0.3) is 0 Å². The number of halogens is 1. The maximum absolute atomic E-state index is 5.25. The number of aromatic nitrogens is 2. The summed E-state index contributed by atoms with van der Waals surface area (Å²) in [6, 6.07) is 7.76. The normalized spacial score (nSPS) is 9.21. The molecule has 0 atom stereocenters. The lowest BCUT2D eigenvalue weighted by molar-refractivity contribution is 1.06. The molecule has 0 spiro atoms. The van der Waals surface area contributed by atoms with Crippen molar-refractivity contribution >= 4 is 18.1 Å². The minimum absolute atomic E-state index is 0. The summed E-state index contributed by atoms with van der Waals surface area (Å²) >= 11 is 0. The molecule has 0 aliphatic heterocycles. The van der Waals surface area contributed by atoms with Crippen molar-refractivity contribution in [1.82, 2.24) is 9.55 Å². The Morgan fingerprint density at radius 3 is 2.43 bits per heavy atom. The molecule has 4 nitrogen and oxygen atoms in total. The van der Waals surface area contributed by atoms with Gasteiger partial charge in [0.2, 0.25) is 0 Å². The number of hydrogen-bond acceptors (Lipinski definition) is 3. The smallest absolute Gasteiger partial charge is 0.0991 e. The molecule has 1 aromatic carbocycles. The summed E-state index contributed by atoms with van der Waals surface area (Å²) < 4.78 is 1.93. The lowest BCUT2D eigenvalue weighted by Crippen LogP contribution is -2.06. The number of nitrogens with zero attached hydrogens (tertiary/aromatic N) is 2. The molecule has 0 amide bonds. The van der Waals surface area contributed by atoms with E-state index >= 15 is 0 Å². The number of hydrazine groups is 1. The van der Waals surface area contributed by atoms with E-state index in [9.17, 15) is 0 Å². The molecule has 0 radical (unpaired) electrons. The van der Waals surface area contributed by atoms with Gasteiger partial charge < -0.3 is 9.99 Å². The second kappa shape index (κ2) is 4.64. The number of nitrogens with two attached hydrogens (primary N) is 1. The van der Waals surface area contributed by atoms with E-state index < -0.39 is 0 Å². The molecule has 14 heavy (non-hydrogen) atoms. The second-order valence-electron chi connectivity index (χ2n) is 2.66. The second-order valence-corrected chi connectivity index (χ2v) is 2.66. The van der Waals surface area contributed by atoms with Gasteiger partial charge in [0.15, 0.2) is 0 Å². The van der Waals surface area contributed by atoms with Crippen LogP contribution in [0.2, 0.25) is 0 Å². The van der Waals surface area contributed by atoms with Gasteiger partial charge in [-0.2, -0.15) is 0 Å². The van der Waals surface area contributed by atoms with Crippen LogP contribution in [0.15, 0.2) is 43.0 Å². The van der Waals surface area contributed by atoms with Crippen LogP contribution < -0.4 is 11.3 Å². The highest BCUT2D eigenvalue weighted by Gasteiger charge is 1.93. The van der Waals surface area contributed by atoms with Crippen molar-refractivity contribution in [3.63, 3.8) is 0 Å². The lowest BCUT2D eigenvalue weighted by Gasteiger charge is -2.03. The summed E-state index contributed by atoms with van der Waals surface area (Å²) in [5.41, 5.74) is 4.53. The number of benzene rings is 1. The van der Waals surface area contributed by atoms with Gasteiger partial charge in [-0.05, 0) is 24.3 Å². The summed E-state index contributed by atoms with van der Waals surface area (Å²) in [4.78, 5) is 3.96. The van der Waals surface area contributed by atoms with Gasteiger partial charge in [0.05, 0.1) is 6.33 Å². The van der Waals surface area contributed by atoms with Crippen LogP contribution in [0.5, 0.6) is 0 Å². The molecular formula is C9H11ClN4. The molecule has 5 heteroatoms. The summed E-state index contributed by atoms with van der Waals surface area (Å²) in [5.74, 6) is 5.25. The lowest BCUT2D eigenvalue weighted by atomic mass is 10.3. The first kappa shape index (κ1) is 10.6. The van der Waals surface area contributed by atoms with Gasteiger partial charge in [-0.1, -0.05) is 0 Å². The number of nitrogen functional groups attached to an aromatic ring is 1. The Kier molecular flexibility index (Phi) is 3.50. The monoisotopic (exact) mass is 210 g/mol. The van der Waals surface area contributed by atoms with Gasteiger partial charge >= 0.3 is 0 Å². The van der Waals surface area contributed by atoms with Crippen LogP contribution in [0, 0.1) is 0 Å². The minimum Gasteiger partial charge on any atom is -0.324 e. The zero-order chi connectivity index (χ0) is 9.10. The highest BCUT2D eigenvalue weighted by molar-refractivity contribution is 5.85. The quantitative estimate of drug-likeness (QED) is 0.585. The number of nitrogens with one attached hydrogen (secondary N) is 1. The van der Waals surface area contributed by atoms with Crippen molar-refractivity contribution in [3.05, 3.63) is 43.0 Å². The number of anilines is 1. The molecule has 0 saturated carbocycles. The van der Waals surface area contributed by atoms with Crippen molar-refractivity contribution in [2.75, 3.05) is 5.43 Å². The van der Waals surface area contributed by atoms with E-state index in [2.05, 4.69) is 10.4 Å². The van der Waals surface area contributed by atoms with Gasteiger partial charge in [-0.25, -0.2) is 4.98 Å². The molecule has 1 aromatic heterocycles. The Hall–Kier alpha value is -1.52. The molecule has 1 heterocycles. The Labute approximate surface area is 88.1 Å². The third-order valence-electron chi connectivity index (χ3n) is 1.84. The topological polar surface area (TPSA) is 55.9 Å². The minimum atomic E-state index is 0. The molecule has 0 saturated heterocycles. The van der Waals surface area contributed by atoms with Crippen molar-refractivity contribution in [3.8, 4) is 5.69 Å². The van der Waals surface area contributed by atoms with Crippen LogP contribution in [0.4, 0.5) is 5.69 Å². The van der Waals surface area contributed by atoms with E-state index in [0.29, 0.717) is 0 Å². The SMILES string of the molecule is Cl.NNc1ccc(-n2ccnc2)cc1. The highest BCUT2D eigenvalue weighted by atomic mass is 35.5. The molecule has 74 valence electrons. The van der Waals surface area contributed by atoms with Gasteiger partial charge in [0.1, 0.15) is 0 Å². The molecular weight excluding hydrogens is 200 g/mol. The number of hydrogen-bond donors (Lipinski definition) is 2. The summed E-state index contributed by atoms with van der Waals surface area (Å²) in [6.07, 6.45) is 5.39. The Morgan fingerprint density at radius 1 is 1.21 bits per heavy atom. The van der Waals surface area contributed by atoms with Crippen LogP contribution in [0.1, 0.15) is 0 Å². The molecule has 0 aliphatic carbocycles. The Bertz CT molecular complexity index is 368. The van der Waals surface area contributed by atoms with Crippen molar-refractivity contribution < 1.29 is 0 Å². The number of rotatable bonds is 2. The van der Waals surface area contributed by atoms with E-state index in [-0.39, 0.29) is 12.4 Å². The first-order chi connectivity index (χ1) is 6.40. The fraction of sp³-hybridized carbons (Fsp3) is 0. The van der Waals surface area contributed by atoms with Crippen molar-refractivity contribution in [2.45, 2.75) is 0 Å². The molecule has 2 aromatic rings. The van der Waals surface area contributed by atoms with Crippen LogP contribution in [0.3, 0.4) is 0 Å². The van der Waals surface area contributed by atoms with E-state index in [0.717, 1.165) is 11.4 Å². The first-order valence-corrected chi connectivity index (χ1v) is 3.95. The zero-order valence-corrected chi connectivity index (χ0v) is 8.24. The summed E-state index contributed by atoms with van der Waals surface area (Å²) in [6.45, 7) is 0. The largest absolute Gasteiger partial charge is 0.324 e. The average molecular weight is 211 g/mol. The summed E-state index contributed by atoms with van der Waals surface area (Å²) in [5, 5.41) is 0. The van der Waals surface area contributed by atoms with Gasteiger partial charge in [0, 0.05) is 23.8 Å². The molecule has 0 bridgehead atoms. The maximum atomic E-state index is 5.25. The van der Waals surface area contributed by atoms with E-state index in [1.807, 2.05) is 35.0 Å². The van der Waals surface area contributed by atoms with Crippen LogP contribution in [-0.4, -0.2) is 9.55 Å².